The number of amides is 1. The Labute approximate surface area is 117 Å². The minimum absolute atomic E-state index is 0.135. The van der Waals surface area contributed by atoms with Gasteiger partial charge in [0.15, 0.2) is 5.69 Å². The fourth-order valence-electron chi connectivity index (χ4n) is 1.71. The normalized spacial score (nSPS) is 10.8. The largest absolute Gasteiger partial charge is 0.338 e. The van der Waals surface area contributed by atoms with Crippen LogP contribution < -0.4 is 5.32 Å². The Morgan fingerprint density at radius 1 is 1.21 bits per heavy atom. The van der Waals surface area contributed by atoms with Gasteiger partial charge in [-0.1, -0.05) is 12.1 Å². The van der Waals surface area contributed by atoms with Crippen molar-refractivity contribution in [1.29, 1.82) is 0 Å². The van der Waals surface area contributed by atoms with Gasteiger partial charge in [-0.3, -0.25) is 4.79 Å². The van der Waals surface area contributed by atoms with Crippen LogP contribution in [0.4, 0.5) is 0 Å². The first-order chi connectivity index (χ1) is 9.34. The maximum absolute atomic E-state index is 12.1. The lowest BCUT2D eigenvalue weighted by Crippen LogP contribution is -2.28. The third kappa shape index (κ3) is 2.56. The molecule has 0 saturated heterocycles. The molecule has 19 heavy (non-hydrogen) atoms. The Balaban J connectivity index is 1.87. The van der Waals surface area contributed by atoms with Crippen molar-refractivity contribution in [3.05, 3.63) is 56.7 Å². The average Bonchev–Trinajstić information content (AvgIpc) is 3.17. The second-order valence-corrected chi connectivity index (χ2v) is 5.75. The minimum Gasteiger partial charge on any atom is -0.338 e. The van der Waals surface area contributed by atoms with Gasteiger partial charge in [0.1, 0.15) is 0 Å². The first-order valence-corrected chi connectivity index (χ1v) is 7.34. The number of aromatic amines is 1. The van der Waals surface area contributed by atoms with Crippen molar-refractivity contribution in [2.24, 2.45) is 0 Å². The van der Waals surface area contributed by atoms with Crippen LogP contribution in [0.5, 0.6) is 0 Å². The van der Waals surface area contributed by atoms with Crippen molar-refractivity contribution in [2.75, 3.05) is 0 Å². The Kier molecular flexibility index (Phi) is 3.39. The molecular weight excluding hydrogens is 280 g/mol. The zero-order valence-electron chi connectivity index (χ0n) is 9.74. The molecule has 0 aliphatic carbocycles. The minimum atomic E-state index is -0.236. The third-order valence-electron chi connectivity index (χ3n) is 2.58. The molecule has 0 fully saturated rings. The Hall–Kier alpha value is -1.99. The van der Waals surface area contributed by atoms with Gasteiger partial charge < -0.3 is 5.32 Å². The maximum atomic E-state index is 12.1. The van der Waals surface area contributed by atoms with Gasteiger partial charge >= 0.3 is 0 Å². The van der Waals surface area contributed by atoms with Crippen molar-refractivity contribution in [1.82, 2.24) is 20.7 Å². The molecule has 0 aromatic carbocycles. The highest BCUT2D eigenvalue weighted by molar-refractivity contribution is 7.11. The summed E-state index contributed by atoms with van der Waals surface area (Å²) in [5.74, 6) is -0.236. The van der Waals surface area contributed by atoms with E-state index in [-0.39, 0.29) is 17.6 Å². The number of carbonyl (C=O) groups is 1. The van der Waals surface area contributed by atoms with Gasteiger partial charge in [-0.15, -0.1) is 22.7 Å². The van der Waals surface area contributed by atoms with Gasteiger partial charge in [-0.25, -0.2) is 0 Å². The van der Waals surface area contributed by atoms with Crippen molar-refractivity contribution >= 4 is 28.6 Å². The molecule has 0 unspecified atom stereocenters. The topological polar surface area (TPSA) is 70.7 Å². The van der Waals surface area contributed by atoms with Crippen LogP contribution in [-0.2, 0) is 0 Å². The van der Waals surface area contributed by atoms with Gasteiger partial charge in [0.2, 0.25) is 0 Å². The van der Waals surface area contributed by atoms with E-state index in [1.807, 2.05) is 35.0 Å². The molecule has 1 amide bonds. The first kappa shape index (κ1) is 12.1. The van der Waals surface area contributed by atoms with Crippen LogP contribution >= 0.6 is 22.7 Å². The number of aromatic nitrogens is 3. The van der Waals surface area contributed by atoms with E-state index in [0.29, 0.717) is 0 Å². The molecule has 0 bridgehead atoms. The highest BCUT2D eigenvalue weighted by Crippen LogP contribution is 2.29. The summed E-state index contributed by atoms with van der Waals surface area (Å²) in [6.07, 6.45) is 1.41. The van der Waals surface area contributed by atoms with E-state index in [2.05, 4.69) is 20.7 Å². The van der Waals surface area contributed by atoms with E-state index < -0.39 is 0 Å². The van der Waals surface area contributed by atoms with Gasteiger partial charge in [0.25, 0.3) is 5.91 Å². The second-order valence-electron chi connectivity index (χ2n) is 3.79. The summed E-state index contributed by atoms with van der Waals surface area (Å²) in [5.41, 5.74) is 0.290. The molecule has 3 rings (SSSR count). The van der Waals surface area contributed by atoms with Gasteiger partial charge in [-0.2, -0.15) is 15.4 Å². The molecule has 2 N–H and O–H groups in total. The molecule has 0 spiro atoms. The lowest BCUT2D eigenvalue weighted by atomic mass is 10.2. The van der Waals surface area contributed by atoms with E-state index in [1.54, 1.807) is 22.7 Å². The van der Waals surface area contributed by atoms with E-state index in [4.69, 9.17) is 0 Å². The number of nitrogens with zero attached hydrogens (tertiary/aromatic N) is 2. The van der Waals surface area contributed by atoms with E-state index >= 15 is 0 Å². The van der Waals surface area contributed by atoms with Crippen LogP contribution in [0.3, 0.4) is 0 Å². The Morgan fingerprint density at radius 2 is 1.89 bits per heavy atom. The summed E-state index contributed by atoms with van der Waals surface area (Å²) in [6, 6.07) is 7.84. The van der Waals surface area contributed by atoms with Crippen LogP contribution in [0.2, 0.25) is 0 Å². The van der Waals surface area contributed by atoms with Gasteiger partial charge in [0.05, 0.1) is 12.2 Å². The monoisotopic (exact) mass is 290 g/mol. The van der Waals surface area contributed by atoms with Gasteiger partial charge in [-0.05, 0) is 22.9 Å². The molecule has 0 aliphatic rings. The van der Waals surface area contributed by atoms with E-state index in [1.165, 1.54) is 6.20 Å². The van der Waals surface area contributed by atoms with E-state index in [9.17, 15) is 4.79 Å². The standard InChI is InChI=1S/C12H10N4OS2/c17-12(8-7-13-16-15-8)14-11(9-3-1-5-18-9)10-4-2-6-19-10/h1-7,11H,(H,14,17)(H,13,15,16). The molecular formula is C12H10N4OS2. The number of H-pyrrole nitrogens is 1. The fraction of sp³-hybridized carbons (Fsp3) is 0.0833. The fourth-order valence-corrected chi connectivity index (χ4v) is 3.37. The first-order valence-electron chi connectivity index (χ1n) is 5.58. The Morgan fingerprint density at radius 3 is 2.37 bits per heavy atom. The predicted octanol–water partition coefficient (Wildman–Crippen LogP) is 2.45. The highest BCUT2D eigenvalue weighted by Gasteiger charge is 2.20. The summed E-state index contributed by atoms with van der Waals surface area (Å²) in [5, 5.41) is 16.9. The summed E-state index contributed by atoms with van der Waals surface area (Å²) in [4.78, 5) is 14.3. The lowest BCUT2D eigenvalue weighted by Gasteiger charge is -2.15. The predicted molar refractivity (Wildman–Crippen MR) is 74.3 cm³/mol. The molecule has 3 heterocycles. The molecule has 0 saturated carbocycles. The van der Waals surface area contributed by atoms with Crippen LogP contribution in [0.1, 0.15) is 26.3 Å². The zero-order chi connectivity index (χ0) is 13.1. The Bertz CT molecular complexity index is 597. The highest BCUT2D eigenvalue weighted by atomic mass is 32.1. The van der Waals surface area contributed by atoms with Crippen molar-refractivity contribution in [3.63, 3.8) is 0 Å². The summed E-state index contributed by atoms with van der Waals surface area (Å²) >= 11 is 3.23. The number of carbonyl (C=O) groups excluding carboxylic acids is 1. The van der Waals surface area contributed by atoms with Crippen LogP contribution in [0.15, 0.2) is 41.2 Å². The SMILES string of the molecule is O=C(NC(c1cccs1)c1cccs1)c1cn[nH]n1. The molecule has 3 aromatic heterocycles. The molecule has 96 valence electrons. The second kappa shape index (κ2) is 5.33. The quantitative estimate of drug-likeness (QED) is 0.775. The molecule has 0 radical (unpaired) electrons. The maximum Gasteiger partial charge on any atom is 0.274 e. The van der Waals surface area contributed by atoms with Crippen LogP contribution in [0, 0.1) is 0 Å². The number of nitrogens with one attached hydrogen (secondary N) is 2. The smallest absolute Gasteiger partial charge is 0.274 e. The number of thiophene rings is 2. The van der Waals surface area contributed by atoms with Crippen molar-refractivity contribution < 1.29 is 4.79 Å². The number of rotatable bonds is 4. The van der Waals surface area contributed by atoms with Crippen molar-refractivity contribution in [2.45, 2.75) is 6.04 Å². The zero-order valence-corrected chi connectivity index (χ0v) is 11.4. The molecule has 0 atom stereocenters. The summed E-state index contributed by atoms with van der Waals surface area (Å²) < 4.78 is 0. The third-order valence-corrected chi connectivity index (χ3v) is 4.45. The lowest BCUT2D eigenvalue weighted by molar-refractivity contribution is 0.0939. The average molecular weight is 290 g/mol. The van der Waals surface area contributed by atoms with E-state index in [0.717, 1.165) is 9.75 Å². The van der Waals surface area contributed by atoms with Crippen LogP contribution in [0.25, 0.3) is 0 Å². The number of hydrogen-bond acceptors (Lipinski definition) is 5. The number of hydrogen-bond donors (Lipinski definition) is 2. The van der Waals surface area contributed by atoms with Gasteiger partial charge in [0, 0.05) is 9.75 Å². The molecule has 3 aromatic rings. The molecule has 5 nitrogen and oxygen atoms in total. The molecule has 0 aliphatic heterocycles. The van der Waals surface area contributed by atoms with Crippen LogP contribution in [-0.4, -0.2) is 21.3 Å². The summed E-state index contributed by atoms with van der Waals surface area (Å²) in [7, 11) is 0. The van der Waals surface area contributed by atoms with Crippen molar-refractivity contribution in [3.8, 4) is 0 Å². The molecule has 7 heteroatoms. The summed E-state index contributed by atoms with van der Waals surface area (Å²) in [6.45, 7) is 0.